The molecule has 0 spiro atoms. The third-order valence-electron chi connectivity index (χ3n) is 6.22. The van der Waals surface area contributed by atoms with Crippen molar-refractivity contribution >= 4 is 14.3 Å². The average molecular weight is 375 g/mol. The van der Waals surface area contributed by atoms with Crippen LogP contribution in [0.25, 0.3) is 0 Å². The Morgan fingerprint density at radius 1 is 1.36 bits per heavy atom. The van der Waals surface area contributed by atoms with E-state index in [1.807, 2.05) is 13.8 Å². The Kier molecular flexibility index (Phi) is 7.30. The molecular weight excluding hydrogens is 336 g/mol. The summed E-state index contributed by atoms with van der Waals surface area (Å²) in [5.74, 6) is -0.162. The molecule has 0 bridgehead atoms. The lowest BCUT2D eigenvalue weighted by atomic mass is 9.75. The number of hydrogen-bond acceptors (Lipinski definition) is 5. The van der Waals surface area contributed by atoms with Crippen LogP contribution < -0.4 is 0 Å². The second kappa shape index (κ2) is 8.07. The molecular formula is C19H38O5Si. The first-order valence-electron chi connectivity index (χ1n) is 9.26. The maximum Gasteiger partial charge on any atom is 0.308 e. The lowest BCUT2D eigenvalue weighted by Crippen LogP contribution is -2.51. The van der Waals surface area contributed by atoms with Crippen molar-refractivity contribution in [2.24, 2.45) is 11.3 Å². The van der Waals surface area contributed by atoms with E-state index in [4.69, 9.17) is 13.9 Å². The number of cyclic esters (lactones) is 1. The van der Waals surface area contributed by atoms with E-state index >= 15 is 0 Å². The maximum atomic E-state index is 11.7. The average Bonchev–Trinajstić information content (AvgIpc) is 2.46. The molecule has 148 valence electrons. The van der Waals surface area contributed by atoms with Gasteiger partial charge in [0.2, 0.25) is 0 Å². The van der Waals surface area contributed by atoms with Crippen molar-refractivity contribution in [3.8, 4) is 0 Å². The fraction of sp³-hybridized carbons (Fsp3) is 0.947. The molecule has 1 saturated heterocycles. The fourth-order valence-corrected chi connectivity index (χ4v) is 3.89. The monoisotopic (exact) mass is 374 g/mol. The molecule has 1 rings (SSSR count). The van der Waals surface area contributed by atoms with Crippen LogP contribution >= 0.6 is 0 Å². The van der Waals surface area contributed by atoms with Gasteiger partial charge in [-0.05, 0) is 18.1 Å². The minimum Gasteiger partial charge on any atom is -0.462 e. The molecule has 4 atom stereocenters. The summed E-state index contributed by atoms with van der Waals surface area (Å²) in [6, 6.07) is 0. The number of aliphatic hydroxyl groups excluding tert-OH is 1. The zero-order valence-electron chi connectivity index (χ0n) is 17.5. The molecule has 0 radical (unpaired) electrons. The molecule has 0 aromatic carbocycles. The number of methoxy groups -OCH3 is 1. The summed E-state index contributed by atoms with van der Waals surface area (Å²) in [6.07, 6.45) is -0.509. The van der Waals surface area contributed by atoms with Gasteiger partial charge < -0.3 is 19.0 Å². The van der Waals surface area contributed by atoms with Gasteiger partial charge >= 0.3 is 5.97 Å². The van der Waals surface area contributed by atoms with Crippen LogP contribution in [0.15, 0.2) is 0 Å². The van der Waals surface area contributed by atoms with Crippen molar-refractivity contribution in [1.29, 1.82) is 0 Å². The van der Waals surface area contributed by atoms with E-state index < -0.39 is 19.8 Å². The van der Waals surface area contributed by atoms with Crippen molar-refractivity contribution in [2.75, 3.05) is 13.7 Å². The second-order valence-corrected chi connectivity index (χ2v) is 14.4. The highest BCUT2D eigenvalue weighted by molar-refractivity contribution is 6.74. The van der Waals surface area contributed by atoms with E-state index in [1.54, 1.807) is 7.11 Å². The molecule has 0 saturated carbocycles. The Morgan fingerprint density at radius 3 is 2.40 bits per heavy atom. The first kappa shape index (κ1) is 22.6. The van der Waals surface area contributed by atoms with Crippen LogP contribution in [0.3, 0.4) is 0 Å². The van der Waals surface area contributed by atoms with Crippen molar-refractivity contribution in [3.05, 3.63) is 0 Å². The molecule has 0 amide bonds. The molecule has 6 heteroatoms. The van der Waals surface area contributed by atoms with Crippen molar-refractivity contribution < 1.29 is 23.8 Å². The Morgan fingerprint density at radius 2 is 1.92 bits per heavy atom. The number of ether oxygens (including phenoxy) is 2. The Balaban J connectivity index is 2.73. The van der Waals surface area contributed by atoms with Crippen LogP contribution in [0.2, 0.25) is 18.1 Å². The summed E-state index contributed by atoms with van der Waals surface area (Å²) in [6.45, 7) is 17.8. The predicted molar refractivity (Wildman–Crippen MR) is 102 cm³/mol. The Hall–Kier alpha value is -0.433. The minimum atomic E-state index is -1.81. The van der Waals surface area contributed by atoms with Gasteiger partial charge in [0.15, 0.2) is 8.32 Å². The van der Waals surface area contributed by atoms with Gasteiger partial charge in [-0.2, -0.15) is 0 Å². The highest BCUT2D eigenvalue weighted by Gasteiger charge is 2.46. The molecule has 1 heterocycles. The van der Waals surface area contributed by atoms with Crippen molar-refractivity contribution in [1.82, 2.24) is 0 Å². The van der Waals surface area contributed by atoms with Crippen LogP contribution in [-0.4, -0.2) is 51.4 Å². The standard InChI is InChI=1S/C19H38O5Si/c1-13(12-23-25(8,9)18(2,3)4)14(22-7)10-16-19(5,6)15(20)11-17(21)24-16/h13-16,20H,10-12H2,1-9H3/t13-,14-,15-,16-/m0/s1. The molecule has 1 fully saturated rings. The molecule has 0 aliphatic carbocycles. The van der Waals surface area contributed by atoms with Crippen LogP contribution in [-0.2, 0) is 18.7 Å². The molecule has 5 nitrogen and oxygen atoms in total. The number of carbonyl (C=O) groups is 1. The van der Waals surface area contributed by atoms with Gasteiger partial charge in [-0.3, -0.25) is 4.79 Å². The zero-order valence-corrected chi connectivity index (χ0v) is 18.5. The van der Waals surface area contributed by atoms with Gasteiger partial charge in [-0.1, -0.05) is 41.5 Å². The van der Waals surface area contributed by atoms with E-state index in [9.17, 15) is 9.90 Å². The lowest BCUT2D eigenvalue weighted by Gasteiger charge is -2.43. The van der Waals surface area contributed by atoms with Gasteiger partial charge in [0, 0.05) is 31.5 Å². The summed E-state index contributed by atoms with van der Waals surface area (Å²) in [4.78, 5) is 11.7. The number of esters is 1. The zero-order chi connectivity index (χ0) is 19.6. The molecule has 0 aromatic rings. The normalized spacial score (nSPS) is 26.9. The topological polar surface area (TPSA) is 65.0 Å². The van der Waals surface area contributed by atoms with E-state index in [0.29, 0.717) is 13.0 Å². The predicted octanol–water partition coefficient (Wildman–Crippen LogP) is 3.75. The molecule has 0 aromatic heterocycles. The van der Waals surface area contributed by atoms with E-state index in [0.717, 1.165) is 0 Å². The van der Waals surface area contributed by atoms with Crippen LogP contribution in [0.4, 0.5) is 0 Å². The van der Waals surface area contributed by atoms with Gasteiger partial charge in [0.05, 0.1) is 18.6 Å². The number of aliphatic hydroxyl groups is 1. The molecule has 0 unspecified atom stereocenters. The highest BCUT2D eigenvalue weighted by Crippen LogP contribution is 2.39. The van der Waals surface area contributed by atoms with Crippen LogP contribution in [0.5, 0.6) is 0 Å². The van der Waals surface area contributed by atoms with Gasteiger partial charge in [0.25, 0.3) is 0 Å². The third kappa shape index (κ3) is 5.52. The van der Waals surface area contributed by atoms with E-state index in [2.05, 4.69) is 40.8 Å². The number of rotatable bonds is 7. The number of hydrogen-bond donors (Lipinski definition) is 1. The summed E-state index contributed by atoms with van der Waals surface area (Å²) in [5, 5.41) is 10.4. The number of carbonyl (C=O) groups excluding carboxylic acids is 1. The minimum absolute atomic E-state index is 0.0607. The largest absolute Gasteiger partial charge is 0.462 e. The van der Waals surface area contributed by atoms with Gasteiger partial charge in [-0.25, -0.2) is 0 Å². The van der Waals surface area contributed by atoms with Crippen LogP contribution in [0.1, 0.15) is 54.4 Å². The first-order valence-corrected chi connectivity index (χ1v) is 12.2. The molecule has 1 aliphatic rings. The third-order valence-corrected chi connectivity index (χ3v) is 10.7. The van der Waals surface area contributed by atoms with Crippen LogP contribution in [0, 0.1) is 11.3 Å². The summed E-state index contributed by atoms with van der Waals surface area (Å²) in [7, 11) is -0.128. The molecule has 25 heavy (non-hydrogen) atoms. The smallest absolute Gasteiger partial charge is 0.308 e. The lowest BCUT2D eigenvalue weighted by molar-refractivity contribution is -0.185. The highest BCUT2D eigenvalue weighted by atomic mass is 28.4. The van der Waals surface area contributed by atoms with Gasteiger partial charge in [-0.15, -0.1) is 0 Å². The maximum absolute atomic E-state index is 11.7. The summed E-state index contributed by atoms with van der Waals surface area (Å²) >= 11 is 0. The van der Waals surface area contributed by atoms with Crippen molar-refractivity contribution in [3.63, 3.8) is 0 Å². The fourth-order valence-electron chi connectivity index (χ4n) is 2.78. The SMILES string of the molecule is CO[C@@H](C[C@@H]1OC(=O)C[C@H](O)C1(C)C)[C@@H](C)CO[Si](C)(C)C(C)(C)C. The second-order valence-electron chi connectivity index (χ2n) is 9.58. The van der Waals surface area contributed by atoms with E-state index in [1.165, 1.54) is 0 Å². The van der Waals surface area contributed by atoms with Crippen molar-refractivity contribution in [2.45, 2.75) is 90.8 Å². The van der Waals surface area contributed by atoms with E-state index in [-0.39, 0.29) is 35.6 Å². The van der Waals surface area contributed by atoms with Gasteiger partial charge in [0.1, 0.15) is 6.10 Å². The first-order chi connectivity index (χ1) is 11.2. The summed E-state index contributed by atoms with van der Waals surface area (Å²) in [5.41, 5.74) is -0.481. The quantitative estimate of drug-likeness (QED) is 0.543. The molecule has 1 N–H and O–H groups in total. The summed E-state index contributed by atoms with van der Waals surface area (Å²) < 4.78 is 17.6. The molecule has 1 aliphatic heterocycles. The Labute approximate surface area is 154 Å². The Bertz CT molecular complexity index is 455.